The lowest BCUT2D eigenvalue weighted by Crippen LogP contribution is -2.51. The van der Waals surface area contributed by atoms with Gasteiger partial charge in [-0.1, -0.05) is 30.7 Å². The fraction of sp³-hybridized carbons (Fsp3) is 0.308. The van der Waals surface area contributed by atoms with Crippen molar-refractivity contribution < 1.29 is 9.59 Å². The maximum Gasteiger partial charge on any atom is 0.253 e. The number of benzene rings is 2. The lowest BCUT2D eigenvalue weighted by Gasteiger charge is -2.34. The predicted molar refractivity (Wildman–Crippen MR) is 138 cm³/mol. The number of piperazine rings is 1. The normalized spacial score (nSPS) is 13.9. The van der Waals surface area contributed by atoms with Crippen molar-refractivity contribution in [2.45, 2.75) is 13.3 Å². The molecule has 4 rings (SSSR count). The van der Waals surface area contributed by atoms with Gasteiger partial charge in [-0.25, -0.2) is 9.97 Å². The predicted octanol–water partition coefficient (Wildman–Crippen LogP) is 3.82. The summed E-state index contributed by atoms with van der Waals surface area (Å²) in [5.41, 5.74) is 3.15. The summed E-state index contributed by atoms with van der Waals surface area (Å²) >= 11 is 5.97. The van der Waals surface area contributed by atoms with Gasteiger partial charge < -0.3 is 15.5 Å². The monoisotopic (exact) mass is 492 g/mol. The zero-order valence-electron chi connectivity index (χ0n) is 19.7. The van der Waals surface area contributed by atoms with E-state index in [9.17, 15) is 9.59 Å². The topological polar surface area (TPSA) is 90.5 Å². The maximum absolute atomic E-state index is 12.9. The van der Waals surface area contributed by atoms with Crippen LogP contribution in [0.1, 0.15) is 23.7 Å². The molecule has 1 saturated heterocycles. The molecule has 0 radical (unpaired) electrons. The van der Waals surface area contributed by atoms with Crippen LogP contribution >= 0.6 is 11.6 Å². The van der Waals surface area contributed by atoms with Gasteiger partial charge in [-0.15, -0.1) is 0 Å². The van der Waals surface area contributed by atoms with Crippen molar-refractivity contribution in [2.75, 3.05) is 44.6 Å². The van der Waals surface area contributed by atoms with Crippen molar-refractivity contribution in [3.05, 3.63) is 71.4 Å². The van der Waals surface area contributed by atoms with Crippen LogP contribution in [0, 0.1) is 0 Å². The third-order valence-electron chi connectivity index (χ3n) is 5.78. The Kier molecular flexibility index (Phi) is 8.28. The summed E-state index contributed by atoms with van der Waals surface area (Å²) in [7, 11) is 0. The molecule has 1 aliphatic heterocycles. The molecule has 0 aliphatic carbocycles. The van der Waals surface area contributed by atoms with Crippen LogP contribution in [0.3, 0.4) is 0 Å². The van der Waals surface area contributed by atoms with Gasteiger partial charge in [0.15, 0.2) is 0 Å². The Hall–Kier alpha value is -3.49. The number of rotatable bonds is 8. The van der Waals surface area contributed by atoms with Crippen LogP contribution in [-0.2, 0) is 4.79 Å². The highest BCUT2D eigenvalue weighted by atomic mass is 35.5. The molecule has 1 aromatic heterocycles. The molecule has 1 aliphatic rings. The molecule has 8 nitrogen and oxygen atoms in total. The molecule has 35 heavy (non-hydrogen) atoms. The Morgan fingerprint density at radius 2 is 1.69 bits per heavy atom. The molecule has 2 heterocycles. The van der Waals surface area contributed by atoms with E-state index in [0.717, 1.165) is 23.4 Å². The smallest absolute Gasteiger partial charge is 0.253 e. The number of nitrogens with zero attached hydrogens (tertiary/aromatic N) is 4. The highest BCUT2D eigenvalue weighted by molar-refractivity contribution is 6.30. The second kappa shape index (κ2) is 11.8. The zero-order valence-corrected chi connectivity index (χ0v) is 20.5. The minimum Gasteiger partial charge on any atom is -0.355 e. The van der Waals surface area contributed by atoms with Gasteiger partial charge >= 0.3 is 0 Å². The van der Waals surface area contributed by atoms with E-state index in [0.29, 0.717) is 55.8 Å². The summed E-state index contributed by atoms with van der Waals surface area (Å²) in [6.45, 7) is 5.68. The number of nitrogens with one attached hydrogen (secondary N) is 2. The fourth-order valence-corrected chi connectivity index (χ4v) is 3.97. The van der Waals surface area contributed by atoms with Crippen molar-refractivity contribution >= 4 is 35.1 Å². The largest absolute Gasteiger partial charge is 0.355 e. The van der Waals surface area contributed by atoms with E-state index in [1.54, 1.807) is 18.3 Å². The van der Waals surface area contributed by atoms with E-state index in [1.165, 1.54) is 0 Å². The lowest BCUT2D eigenvalue weighted by molar-refractivity contribution is -0.122. The molecular weight excluding hydrogens is 464 g/mol. The summed E-state index contributed by atoms with van der Waals surface area (Å²) in [5.74, 6) is 0.501. The molecule has 1 fully saturated rings. The van der Waals surface area contributed by atoms with Gasteiger partial charge in [-0.2, -0.15) is 0 Å². The number of carbonyl (C=O) groups is 2. The summed E-state index contributed by atoms with van der Waals surface area (Å²) in [5, 5.41) is 6.76. The second-order valence-electron chi connectivity index (χ2n) is 8.39. The van der Waals surface area contributed by atoms with Crippen LogP contribution in [-0.4, -0.2) is 70.9 Å². The molecule has 0 unspecified atom stereocenters. The minimum atomic E-state index is -0.00683. The minimum absolute atomic E-state index is 0.00683. The van der Waals surface area contributed by atoms with Crippen molar-refractivity contribution in [1.82, 2.24) is 25.1 Å². The molecule has 0 spiro atoms. The van der Waals surface area contributed by atoms with Gasteiger partial charge in [-0.05, 0) is 48.9 Å². The van der Waals surface area contributed by atoms with Crippen LogP contribution in [0.25, 0.3) is 11.3 Å². The van der Waals surface area contributed by atoms with Crippen molar-refractivity contribution in [3.8, 4) is 11.3 Å². The number of halogens is 1. The number of anilines is 2. The Morgan fingerprint density at radius 1 is 0.971 bits per heavy atom. The van der Waals surface area contributed by atoms with E-state index in [4.69, 9.17) is 11.6 Å². The molecule has 3 aromatic rings. The summed E-state index contributed by atoms with van der Waals surface area (Å²) in [6, 6.07) is 16.6. The van der Waals surface area contributed by atoms with Gasteiger partial charge in [0.2, 0.25) is 11.9 Å². The van der Waals surface area contributed by atoms with Crippen molar-refractivity contribution in [1.29, 1.82) is 0 Å². The molecule has 2 N–H and O–H groups in total. The first kappa shape index (κ1) is 24.6. The van der Waals surface area contributed by atoms with E-state index < -0.39 is 0 Å². The molecule has 0 saturated carbocycles. The van der Waals surface area contributed by atoms with Crippen LogP contribution in [0.2, 0.25) is 5.02 Å². The van der Waals surface area contributed by atoms with E-state index >= 15 is 0 Å². The highest BCUT2D eigenvalue weighted by Gasteiger charge is 2.23. The number of hydrogen-bond donors (Lipinski definition) is 2. The summed E-state index contributed by atoms with van der Waals surface area (Å²) < 4.78 is 0. The summed E-state index contributed by atoms with van der Waals surface area (Å²) in [6.07, 6.45) is 2.62. The molecule has 9 heteroatoms. The fourth-order valence-electron chi connectivity index (χ4n) is 3.84. The van der Waals surface area contributed by atoms with Crippen LogP contribution in [0.15, 0.2) is 60.8 Å². The van der Waals surface area contributed by atoms with E-state index in [2.05, 4.69) is 25.5 Å². The van der Waals surface area contributed by atoms with Gasteiger partial charge in [0.1, 0.15) is 0 Å². The molecule has 0 bridgehead atoms. The maximum atomic E-state index is 12.9. The Morgan fingerprint density at radius 3 is 2.37 bits per heavy atom. The average Bonchev–Trinajstić information content (AvgIpc) is 2.88. The number of amides is 2. The van der Waals surface area contributed by atoms with Crippen molar-refractivity contribution in [2.24, 2.45) is 0 Å². The number of carbonyl (C=O) groups excluding carboxylic acids is 2. The molecule has 0 atom stereocenters. The first-order valence-corrected chi connectivity index (χ1v) is 12.1. The van der Waals surface area contributed by atoms with Gasteiger partial charge in [0.05, 0.1) is 12.2 Å². The van der Waals surface area contributed by atoms with E-state index in [1.807, 2.05) is 54.3 Å². The Balaban J connectivity index is 1.31. The lowest BCUT2D eigenvalue weighted by atomic mass is 10.1. The number of hydrogen-bond acceptors (Lipinski definition) is 6. The zero-order chi connectivity index (χ0) is 24.6. The highest BCUT2D eigenvalue weighted by Crippen LogP contribution is 2.22. The third-order valence-corrected chi connectivity index (χ3v) is 6.03. The van der Waals surface area contributed by atoms with Crippen LogP contribution in [0.5, 0.6) is 0 Å². The van der Waals surface area contributed by atoms with E-state index in [-0.39, 0.29) is 11.8 Å². The van der Waals surface area contributed by atoms with Gasteiger partial charge in [-0.3, -0.25) is 14.5 Å². The first-order valence-electron chi connectivity index (χ1n) is 11.8. The Bertz CT molecular complexity index is 1150. The average molecular weight is 493 g/mol. The standard InChI is InChI=1S/C26H29ClN6O2/c1-2-12-28-24(34)18-32-14-16-33(17-15-32)25(35)20-5-9-22(10-6-20)30-26-29-13-11-23(31-26)19-3-7-21(27)8-4-19/h3-11,13H,2,12,14-18H2,1H3,(H,28,34)(H,29,30,31). The SMILES string of the molecule is CCCNC(=O)CN1CCN(C(=O)c2ccc(Nc3nccc(-c4ccc(Cl)cc4)n3)cc2)CC1. The van der Waals surface area contributed by atoms with Gasteiger partial charge in [0.25, 0.3) is 5.91 Å². The summed E-state index contributed by atoms with van der Waals surface area (Å²) in [4.78, 5) is 37.6. The second-order valence-corrected chi connectivity index (χ2v) is 8.83. The van der Waals surface area contributed by atoms with Crippen molar-refractivity contribution in [3.63, 3.8) is 0 Å². The molecule has 2 aromatic carbocycles. The molecule has 182 valence electrons. The third kappa shape index (κ3) is 6.77. The first-order chi connectivity index (χ1) is 17.0. The van der Waals surface area contributed by atoms with Crippen LogP contribution < -0.4 is 10.6 Å². The number of aromatic nitrogens is 2. The molecule has 2 amide bonds. The molecular formula is C26H29ClN6O2. The van der Waals surface area contributed by atoms with Crippen LogP contribution in [0.4, 0.5) is 11.6 Å². The Labute approximate surface area is 210 Å². The van der Waals surface area contributed by atoms with Gasteiger partial charge in [0, 0.05) is 60.8 Å². The quantitative estimate of drug-likeness (QED) is 0.496.